The van der Waals surface area contributed by atoms with Crippen LogP contribution in [-0.2, 0) is 37.9 Å². The largest absolute Gasteiger partial charge is 0.310 e. The van der Waals surface area contributed by atoms with Crippen LogP contribution in [0.1, 0.15) is 192 Å². The molecule has 0 radical (unpaired) electrons. The maximum absolute atomic E-state index is 4.09. The van der Waals surface area contributed by atoms with Crippen molar-refractivity contribution in [3.05, 3.63) is 195 Å². The van der Waals surface area contributed by atoms with Crippen LogP contribution in [0.3, 0.4) is 0 Å². The summed E-state index contributed by atoms with van der Waals surface area (Å²) in [6.07, 6.45) is 13.3. The molecule has 7 aromatic rings. The maximum Gasteiger partial charge on any atom is 0.0647 e. The third kappa shape index (κ3) is 8.40. The maximum atomic E-state index is 4.09. The fourth-order valence-corrected chi connectivity index (χ4v) is 15.3. The third-order valence-electron chi connectivity index (χ3n) is 19.5. The molecule has 4 aliphatic rings. The molecule has 0 aliphatic heterocycles. The summed E-state index contributed by atoms with van der Waals surface area (Å²) < 4.78 is 1.35. The molecule has 6 aromatic carbocycles. The monoisotopic (exact) mass is 1020 g/mol. The topological polar surface area (TPSA) is 6.48 Å². The first-order valence-corrected chi connectivity index (χ1v) is 29.4. The van der Waals surface area contributed by atoms with E-state index in [1.807, 2.05) is 17.4 Å². The minimum atomic E-state index is -0.196. The highest BCUT2D eigenvalue weighted by Gasteiger charge is 2.43. The van der Waals surface area contributed by atoms with Gasteiger partial charge in [-0.05, 0) is 207 Å². The standard InChI is InChI=1S/C73H84N2S/c1-18-19-26-54-47(3)66-56(73(54,16)17)27-23-28-62(66)75(64-45-76-65-44-61-59(42-53(64)65)70(10,11)34-36-72(61,14)15)51-38-46(2)37-50(39-51)74(49-29-30-55-57(40-49)68(6,7)32-31-67(55,4)5)63-43-60-58(69(8,9)33-35-71(60,12)13)41-52(63)48-24-21-20-22-25-48/h18-30,37-45H,1,31-36H2,2-17H3/b26-19-. The molecular weight excluding hydrogens is 937 g/mol. The van der Waals surface area contributed by atoms with Crippen molar-refractivity contribution in [2.45, 2.75) is 187 Å². The third-order valence-corrected chi connectivity index (χ3v) is 20.5. The van der Waals surface area contributed by atoms with Gasteiger partial charge in [-0.1, -0.05) is 170 Å². The number of rotatable bonds is 9. The van der Waals surface area contributed by atoms with Gasteiger partial charge in [0.15, 0.2) is 0 Å². The average molecular weight is 1020 g/mol. The van der Waals surface area contributed by atoms with Crippen LogP contribution in [0.2, 0.25) is 0 Å². The Hall–Kier alpha value is -5.90. The number of hydrogen-bond donors (Lipinski definition) is 0. The highest BCUT2D eigenvalue weighted by atomic mass is 32.1. The zero-order valence-electron chi connectivity index (χ0n) is 49.0. The molecular formula is C73H84N2S. The molecule has 0 unspecified atom stereocenters. The van der Waals surface area contributed by atoms with E-state index in [1.54, 1.807) is 0 Å². The van der Waals surface area contributed by atoms with Gasteiger partial charge < -0.3 is 9.80 Å². The van der Waals surface area contributed by atoms with E-state index in [4.69, 9.17) is 0 Å². The summed E-state index contributed by atoms with van der Waals surface area (Å²) in [4.78, 5) is 5.30. The van der Waals surface area contributed by atoms with E-state index in [1.165, 1.54) is 124 Å². The zero-order valence-corrected chi connectivity index (χ0v) is 49.8. The normalized spacial score (nSPS) is 19.9. The fraction of sp³-hybridized carbons (Fsp3) is 0.397. The van der Waals surface area contributed by atoms with Crippen LogP contribution in [0, 0.1) is 6.92 Å². The molecule has 4 aliphatic carbocycles. The second-order valence-electron chi connectivity index (χ2n) is 28.0. The smallest absolute Gasteiger partial charge is 0.0647 e. The van der Waals surface area contributed by atoms with Gasteiger partial charge in [-0.15, -0.1) is 11.3 Å². The van der Waals surface area contributed by atoms with E-state index in [9.17, 15) is 0 Å². The van der Waals surface area contributed by atoms with Crippen LogP contribution in [0.5, 0.6) is 0 Å². The summed E-state index contributed by atoms with van der Waals surface area (Å²) in [5.74, 6) is 0. The molecule has 392 valence electrons. The summed E-state index contributed by atoms with van der Waals surface area (Å²) in [6, 6.07) is 43.6. The van der Waals surface area contributed by atoms with Crippen molar-refractivity contribution in [3.63, 3.8) is 0 Å². The molecule has 0 bridgehead atoms. The molecule has 1 aromatic heterocycles. The Balaban J connectivity index is 1.24. The van der Waals surface area contributed by atoms with Gasteiger partial charge in [0.2, 0.25) is 0 Å². The fourth-order valence-electron chi connectivity index (χ4n) is 14.3. The predicted molar refractivity (Wildman–Crippen MR) is 332 cm³/mol. The highest BCUT2D eigenvalue weighted by molar-refractivity contribution is 7.17. The van der Waals surface area contributed by atoms with Crippen LogP contribution >= 0.6 is 11.3 Å². The molecule has 0 amide bonds. The SMILES string of the molecule is C=C/C=C\C1=C(C)c2c(N(c3cc(C)cc(N(c4ccc5c(c4)C(C)(C)CCC5(C)C)c4cc5c(cc4-c4ccccc4)C(C)(C)CCC5(C)C)c3)c3csc4cc5c(cc34)C(C)(C)CCC5(C)C)cccc2C1(C)C. The first kappa shape index (κ1) is 52.2. The summed E-state index contributed by atoms with van der Waals surface area (Å²) in [7, 11) is 0. The summed E-state index contributed by atoms with van der Waals surface area (Å²) >= 11 is 1.90. The Morgan fingerprint density at radius 2 is 1.00 bits per heavy atom. The van der Waals surface area contributed by atoms with E-state index >= 15 is 0 Å². The van der Waals surface area contributed by atoms with Gasteiger partial charge in [-0.25, -0.2) is 0 Å². The lowest BCUT2D eigenvalue weighted by Gasteiger charge is -2.44. The molecule has 76 heavy (non-hydrogen) atoms. The van der Waals surface area contributed by atoms with Crippen molar-refractivity contribution in [1.29, 1.82) is 0 Å². The van der Waals surface area contributed by atoms with Crippen molar-refractivity contribution in [2.24, 2.45) is 0 Å². The van der Waals surface area contributed by atoms with Crippen LogP contribution in [0.25, 0.3) is 26.8 Å². The molecule has 2 nitrogen and oxygen atoms in total. The molecule has 3 heteroatoms. The molecule has 0 spiro atoms. The second kappa shape index (κ2) is 17.8. The van der Waals surface area contributed by atoms with Gasteiger partial charge in [0, 0.05) is 49.1 Å². The van der Waals surface area contributed by atoms with Crippen molar-refractivity contribution in [1.82, 2.24) is 0 Å². The molecule has 0 saturated heterocycles. The number of hydrogen-bond acceptors (Lipinski definition) is 3. The summed E-state index contributed by atoms with van der Waals surface area (Å²) in [5.41, 5.74) is 25.3. The second-order valence-corrected chi connectivity index (χ2v) is 28.9. The van der Waals surface area contributed by atoms with Gasteiger partial charge in [0.05, 0.1) is 17.1 Å². The van der Waals surface area contributed by atoms with Crippen LogP contribution in [0.15, 0.2) is 145 Å². The Labute approximate surface area is 461 Å². The van der Waals surface area contributed by atoms with Gasteiger partial charge in [0.1, 0.15) is 0 Å². The lowest BCUT2D eigenvalue weighted by atomic mass is 9.62. The number of anilines is 6. The zero-order chi connectivity index (χ0) is 54.3. The van der Waals surface area contributed by atoms with Crippen molar-refractivity contribution < 1.29 is 0 Å². The first-order valence-electron chi connectivity index (χ1n) is 28.5. The highest BCUT2D eigenvalue weighted by Crippen LogP contribution is 2.58. The molecule has 11 rings (SSSR count). The van der Waals surface area contributed by atoms with Crippen LogP contribution in [0.4, 0.5) is 34.1 Å². The molecule has 0 saturated carbocycles. The van der Waals surface area contributed by atoms with Gasteiger partial charge in [-0.2, -0.15) is 0 Å². The number of aryl methyl sites for hydroxylation is 1. The first-order chi connectivity index (χ1) is 35.7. The van der Waals surface area contributed by atoms with E-state index in [-0.39, 0.29) is 37.9 Å². The summed E-state index contributed by atoms with van der Waals surface area (Å²) in [5, 5.41) is 3.78. The molecule has 0 N–H and O–H groups in total. The number of thiophene rings is 1. The summed E-state index contributed by atoms with van der Waals surface area (Å²) in [6.45, 7) is 43.1. The van der Waals surface area contributed by atoms with Gasteiger partial charge >= 0.3 is 0 Å². The number of nitrogens with zero attached hydrogens (tertiary/aromatic N) is 2. The van der Waals surface area contributed by atoms with E-state index in [0.717, 1.165) is 30.6 Å². The predicted octanol–water partition coefficient (Wildman–Crippen LogP) is 21.7. The van der Waals surface area contributed by atoms with Crippen LogP contribution in [-0.4, -0.2) is 0 Å². The van der Waals surface area contributed by atoms with E-state index < -0.39 is 0 Å². The minimum Gasteiger partial charge on any atom is -0.310 e. The quantitative estimate of drug-likeness (QED) is 0.133. The van der Waals surface area contributed by atoms with Crippen molar-refractivity contribution in [3.8, 4) is 11.1 Å². The number of allylic oxidation sites excluding steroid dienone is 5. The lowest BCUT2D eigenvalue weighted by Crippen LogP contribution is -2.34. The van der Waals surface area contributed by atoms with Crippen molar-refractivity contribution >= 4 is 61.1 Å². The van der Waals surface area contributed by atoms with Crippen molar-refractivity contribution in [2.75, 3.05) is 9.80 Å². The molecule has 0 fully saturated rings. The lowest BCUT2D eigenvalue weighted by molar-refractivity contribution is 0.332. The van der Waals surface area contributed by atoms with E-state index in [0.29, 0.717) is 0 Å². The average Bonchev–Trinajstić information content (AvgIpc) is 3.86. The van der Waals surface area contributed by atoms with Crippen LogP contribution < -0.4 is 9.80 Å². The van der Waals surface area contributed by atoms with Gasteiger partial charge in [-0.3, -0.25) is 0 Å². The Morgan fingerprint density at radius 3 is 1.61 bits per heavy atom. The Bertz CT molecular complexity index is 3560. The minimum absolute atomic E-state index is 0.00640. The molecule has 1 heterocycles. The Kier molecular flexibility index (Phi) is 12.2. The Morgan fingerprint density at radius 1 is 0.461 bits per heavy atom. The number of benzene rings is 6. The molecule has 0 atom stereocenters. The van der Waals surface area contributed by atoms with E-state index in [2.05, 4.69) is 254 Å². The van der Waals surface area contributed by atoms with Gasteiger partial charge in [0.25, 0.3) is 0 Å². The number of fused-ring (bicyclic) bond motifs is 5.